The molecule has 0 saturated carbocycles. The molecule has 23 heavy (non-hydrogen) atoms. The number of likely N-dealkylation sites (tertiary alicyclic amines) is 1. The lowest BCUT2D eigenvalue weighted by Crippen LogP contribution is -2.45. The van der Waals surface area contributed by atoms with Crippen molar-refractivity contribution >= 4 is 17.7 Å². The highest BCUT2D eigenvalue weighted by molar-refractivity contribution is 5.94. The number of anilines is 1. The number of aromatic hydroxyl groups is 1. The van der Waals surface area contributed by atoms with Crippen LogP contribution in [0.25, 0.3) is 0 Å². The quantitative estimate of drug-likeness (QED) is 0.821. The molecule has 1 aliphatic rings. The first-order valence-electron chi connectivity index (χ1n) is 7.83. The van der Waals surface area contributed by atoms with E-state index in [2.05, 4.69) is 5.32 Å². The summed E-state index contributed by atoms with van der Waals surface area (Å²) in [6.45, 7) is 6.37. The number of phenols is 1. The van der Waals surface area contributed by atoms with Gasteiger partial charge in [0.2, 0.25) is 5.91 Å². The van der Waals surface area contributed by atoms with Crippen molar-refractivity contribution in [3.8, 4) is 5.75 Å². The van der Waals surface area contributed by atoms with Gasteiger partial charge in [0.25, 0.3) is 0 Å². The number of piperidine rings is 1. The van der Waals surface area contributed by atoms with E-state index in [0.29, 0.717) is 25.2 Å². The van der Waals surface area contributed by atoms with Gasteiger partial charge in [-0.3, -0.25) is 4.79 Å². The fourth-order valence-corrected chi connectivity index (χ4v) is 2.50. The summed E-state index contributed by atoms with van der Waals surface area (Å²) < 4.78 is 5.36. The smallest absolute Gasteiger partial charge is 0.410 e. The van der Waals surface area contributed by atoms with Crippen molar-refractivity contribution in [3.05, 3.63) is 24.3 Å². The minimum absolute atomic E-state index is 0.0284. The number of hydrogen-bond acceptors (Lipinski definition) is 4. The Morgan fingerprint density at radius 2 is 2.00 bits per heavy atom. The number of hydrogen-bond donors (Lipinski definition) is 2. The average molecular weight is 320 g/mol. The molecule has 1 aromatic carbocycles. The van der Waals surface area contributed by atoms with E-state index in [1.807, 2.05) is 20.8 Å². The molecule has 0 aliphatic carbocycles. The fourth-order valence-electron chi connectivity index (χ4n) is 2.50. The van der Waals surface area contributed by atoms with Gasteiger partial charge in [-0.05, 0) is 45.7 Å². The average Bonchev–Trinajstić information content (AvgIpc) is 2.48. The molecule has 0 aromatic heterocycles. The van der Waals surface area contributed by atoms with Crippen LogP contribution in [0.1, 0.15) is 33.6 Å². The lowest BCUT2D eigenvalue weighted by atomic mass is 9.97. The molecule has 1 fully saturated rings. The zero-order valence-corrected chi connectivity index (χ0v) is 13.8. The maximum atomic E-state index is 12.4. The second kappa shape index (κ2) is 6.89. The van der Waals surface area contributed by atoms with Crippen molar-refractivity contribution < 1.29 is 19.4 Å². The van der Waals surface area contributed by atoms with Gasteiger partial charge in [0, 0.05) is 13.1 Å². The van der Waals surface area contributed by atoms with E-state index >= 15 is 0 Å². The van der Waals surface area contributed by atoms with Crippen molar-refractivity contribution in [1.82, 2.24) is 4.90 Å². The highest BCUT2D eigenvalue weighted by atomic mass is 16.6. The summed E-state index contributed by atoms with van der Waals surface area (Å²) in [5, 5.41) is 12.4. The number of benzene rings is 1. The number of carbonyl (C=O) groups excluding carboxylic acids is 2. The molecule has 2 rings (SSSR count). The van der Waals surface area contributed by atoms with Crippen LogP contribution in [-0.4, -0.2) is 40.7 Å². The molecule has 1 aliphatic heterocycles. The van der Waals surface area contributed by atoms with Crippen LogP contribution in [0.15, 0.2) is 24.3 Å². The Bertz CT molecular complexity index is 580. The zero-order chi connectivity index (χ0) is 17.0. The number of rotatable bonds is 2. The SMILES string of the molecule is CC(C)(C)OC(=O)N1CCC[C@@H](C(=O)Nc2ccccc2O)C1. The minimum Gasteiger partial charge on any atom is -0.506 e. The Morgan fingerprint density at radius 3 is 2.65 bits per heavy atom. The van der Waals surface area contributed by atoms with Crippen LogP contribution in [0.3, 0.4) is 0 Å². The van der Waals surface area contributed by atoms with Crippen LogP contribution in [-0.2, 0) is 9.53 Å². The first-order chi connectivity index (χ1) is 10.8. The van der Waals surface area contributed by atoms with Crippen molar-refractivity contribution in [1.29, 1.82) is 0 Å². The molecule has 1 aromatic rings. The van der Waals surface area contributed by atoms with Crippen molar-refractivity contribution in [2.75, 3.05) is 18.4 Å². The van der Waals surface area contributed by atoms with Crippen molar-refractivity contribution in [3.63, 3.8) is 0 Å². The number of ether oxygens (including phenoxy) is 1. The summed E-state index contributed by atoms with van der Waals surface area (Å²) in [7, 11) is 0. The number of phenolic OH excluding ortho intramolecular Hbond substituents is 1. The standard InChI is InChI=1S/C17H24N2O4/c1-17(2,3)23-16(22)19-10-6-7-12(11-19)15(21)18-13-8-4-5-9-14(13)20/h4-5,8-9,12,20H,6-7,10-11H2,1-3H3,(H,18,21)/t12-/m1/s1. The van der Waals surface area contributed by atoms with Crippen LogP contribution >= 0.6 is 0 Å². The van der Waals surface area contributed by atoms with Gasteiger partial charge < -0.3 is 20.1 Å². The number of carbonyl (C=O) groups is 2. The molecule has 0 spiro atoms. The van der Waals surface area contributed by atoms with Crippen LogP contribution in [0.4, 0.5) is 10.5 Å². The van der Waals surface area contributed by atoms with Crippen molar-refractivity contribution in [2.24, 2.45) is 5.92 Å². The Morgan fingerprint density at radius 1 is 1.30 bits per heavy atom. The third-order valence-corrected chi connectivity index (χ3v) is 3.61. The van der Waals surface area contributed by atoms with Gasteiger partial charge in [0.05, 0.1) is 11.6 Å². The molecular formula is C17H24N2O4. The molecule has 0 radical (unpaired) electrons. The maximum Gasteiger partial charge on any atom is 0.410 e. The van der Waals surface area contributed by atoms with Crippen LogP contribution in [0.2, 0.25) is 0 Å². The van der Waals surface area contributed by atoms with Gasteiger partial charge in [0.15, 0.2) is 0 Å². The lowest BCUT2D eigenvalue weighted by molar-refractivity contribution is -0.121. The summed E-state index contributed by atoms with van der Waals surface area (Å²) in [5.74, 6) is -0.476. The minimum atomic E-state index is -0.553. The predicted octanol–water partition coefficient (Wildman–Crippen LogP) is 2.98. The molecule has 6 nitrogen and oxygen atoms in total. The molecule has 1 atom stereocenters. The summed E-state index contributed by atoms with van der Waals surface area (Å²) >= 11 is 0. The fraction of sp³-hybridized carbons (Fsp3) is 0.529. The van der Waals surface area contributed by atoms with E-state index in [1.165, 1.54) is 6.07 Å². The zero-order valence-electron chi connectivity index (χ0n) is 13.8. The summed E-state index contributed by atoms with van der Waals surface area (Å²) in [6, 6.07) is 6.59. The Labute approximate surface area is 136 Å². The Balaban J connectivity index is 1.96. The molecular weight excluding hydrogens is 296 g/mol. The Hall–Kier alpha value is -2.24. The molecule has 2 N–H and O–H groups in total. The highest BCUT2D eigenvalue weighted by Gasteiger charge is 2.31. The third-order valence-electron chi connectivity index (χ3n) is 3.61. The topological polar surface area (TPSA) is 78.9 Å². The van der Waals surface area contributed by atoms with E-state index in [0.717, 1.165) is 6.42 Å². The first kappa shape index (κ1) is 17.1. The van der Waals surface area contributed by atoms with Gasteiger partial charge in [0.1, 0.15) is 11.4 Å². The molecule has 2 amide bonds. The van der Waals surface area contributed by atoms with E-state index in [1.54, 1.807) is 23.1 Å². The monoisotopic (exact) mass is 320 g/mol. The predicted molar refractivity (Wildman–Crippen MR) is 87.3 cm³/mol. The summed E-state index contributed by atoms with van der Waals surface area (Å²) in [6.07, 6.45) is 1.06. The van der Waals surface area contributed by atoms with Gasteiger partial charge in [-0.1, -0.05) is 12.1 Å². The molecule has 1 saturated heterocycles. The Kier molecular flexibility index (Phi) is 5.13. The van der Waals surface area contributed by atoms with E-state index in [-0.39, 0.29) is 17.6 Å². The highest BCUT2D eigenvalue weighted by Crippen LogP contribution is 2.25. The van der Waals surface area contributed by atoms with E-state index in [4.69, 9.17) is 4.74 Å². The summed E-state index contributed by atoms with van der Waals surface area (Å²) in [4.78, 5) is 26.1. The van der Waals surface area contributed by atoms with Crippen molar-refractivity contribution in [2.45, 2.75) is 39.2 Å². The number of nitrogens with zero attached hydrogens (tertiary/aromatic N) is 1. The molecule has 1 heterocycles. The van der Waals surface area contributed by atoms with Gasteiger partial charge in [-0.2, -0.15) is 0 Å². The molecule has 0 bridgehead atoms. The largest absolute Gasteiger partial charge is 0.506 e. The number of nitrogens with one attached hydrogen (secondary N) is 1. The maximum absolute atomic E-state index is 12.4. The third kappa shape index (κ3) is 4.87. The number of amides is 2. The molecule has 6 heteroatoms. The second-order valence-corrected chi connectivity index (χ2v) is 6.77. The van der Waals surface area contributed by atoms with Crippen LogP contribution in [0, 0.1) is 5.92 Å². The van der Waals surface area contributed by atoms with Gasteiger partial charge in [-0.15, -0.1) is 0 Å². The second-order valence-electron chi connectivity index (χ2n) is 6.77. The summed E-state index contributed by atoms with van der Waals surface area (Å²) in [5.41, 5.74) is -0.172. The van der Waals surface area contributed by atoms with Crippen LogP contribution < -0.4 is 5.32 Å². The van der Waals surface area contributed by atoms with Gasteiger partial charge >= 0.3 is 6.09 Å². The number of para-hydroxylation sites is 2. The van der Waals surface area contributed by atoms with E-state index < -0.39 is 11.7 Å². The van der Waals surface area contributed by atoms with Crippen LogP contribution in [0.5, 0.6) is 5.75 Å². The lowest BCUT2D eigenvalue weighted by Gasteiger charge is -2.33. The normalized spacial score (nSPS) is 18.4. The molecule has 0 unspecified atom stereocenters. The van der Waals surface area contributed by atoms with E-state index in [9.17, 15) is 14.7 Å². The van der Waals surface area contributed by atoms with Gasteiger partial charge in [-0.25, -0.2) is 4.79 Å². The molecule has 126 valence electrons. The first-order valence-corrected chi connectivity index (χ1v) is 7.83.